The minimum absolute atomic E-state index is 0.214. The number of rotatable bonds is 5. The number of halogens is 1. The van der Waals surface area contributed by atoms with Gasteiger partial charge in [-0.25, -0.2) is 4.98 Å². The summed E-state index contributed by atoms with van der Waals surface area (Å²) in [5, 5.41) is 3.47. The number of hydrogen-bond donors (Lipinski definition) is 1. The SMILES string of the molecule is CCNC(Cc1cncc(Br)c1)c1nccn1C. The second-order valence-corrected chi connectivity index (χ2v) is 5.14. The van der Waals surface area contributed by atoms with E-state index in [-0.39, 0.29) is 6.04 Å². The molecule has 0 saturated heterocycles. The highest BCUT2D eigenvalue weighted by Gasteiger charge is 2.15. The summed E-state index contributed by atoms with van der Waals surface area (Å²) in [6.45, 7) is 3.02. The molecular formula is C13H17BrN4. The molecule has 1 atom stereocenters. The van der Waals surface area contributed by atoms with E-state index in [1.165, 1.54) is 5.56 Å². The number of aryl methyl sites for hydroxylation is 1. The van der Waals surface area contributed by atoms with Crippen molar-refractivity contribution in [1.82, 2.24) is 19.9 Å². The van der Waals surface area contributed by atoms with Crippen molar-refractivity contribution in [3.05, 3.63) is 46.7 Å². The Hall–Kier alpha value is -1.20. The van der Waals surface area contributed by atoms with Gasteiger partial charge in [-0.15, -0.1) is 0 Å². The van der Waals surface area contributed by atoms with E-state index >= 15 is 0 Å². The molecule has 0 aliphatic carbocycles. The molecule has 0 bridgehead atoms. The predicted molar refractivity (Wildman–Crippen MR) is 75.3 cm³/mol. The molecule has 0 saturated carbocycles. The summed E-state index contributed by atoms with van der Waals surface area (Å²) in [4.78, 5) is 8.62. The van der Waals surface area contributed by atoms with E-state index in [9.17, 15) is 0 Å². The Kier molecular flexibility index (Phi) is 4.49. The lowest BCUT2D eigenvalue weighted by Crippen LogP contribution is -2.25. The molecule has 0 radical (unpaired) electrons. The zero-order chi connectivity index (χ0) is 13.0. The van der Waals surface area contributed by atoms with E-state index in [4.69, 9.17) is 0 Å². The van der Waals surface area contributed by atoms with Gasteiger partial charge in [0.1, 0.15) is 5.82 Å². The maximum atomic E-state index is 4.42. The standard InChI is InChI=1S/C13H17BrN4/c1-3-16-12(13-17-4-5-18(13)2)7-10-6-11(14)9-15-8-10/h4-6,8-9,12,16H,3,7H2,1-2H3. The lowest BCUT2D eigenvalue weighted by molar-refractivity contribution is 0.506. The van der Waals surface area contributed by atoms with Crippen LogP contribution in [0.15, 0.2) is 35.3 Å². The summed E-state index contributed by atoms with van der Waals surface area (Å²) in [5.41, 5.74) is 1.19. The quantitative estimate of drug-likeness (QED) is 0.922. The Balaban J connectivity index is 2.19. The molecule has 96 valence electrons. The van der Waals surface area contributed by atoms with Gasteiger partial charge in [-0.3, -0.25) is 4.98 Å². The molecule has 18 heavy (non-hydrogen) atoms. The molecule has 2 heterocycles. The fraction of sp³-hybridized carbons (Fsp3) is 0.385. The number of nitrogens with one attached hydrogen (secondary N) is 1. The molecule has 2 rings (SSSR count). The van der Waals surface area contributed by atoms with Crippen LogP contribution >= 0.6 is 15.9 Å². The van der Waals surface area contributed by atoms with Crippen molar-refractivity contribution in [3.63, 3.8) is 0 Å². The van der Waals surface area contributed by atoms with Crippen LogP contribution in [-0.4, -0.2) is 21.1 Å². The first-order chi connectivity index (χ1) is 8.70. The maximum absolute atomic E-state index is 4.42. The molecule has 5 heteroatoms. The van der Waals surface area contributed by atoms with Crippen LogP contribution in [0.2, 0.25) is 0 Å². The van der Waals surface area contributed by atoms with Crippen LogP contribution in [0.1, 0.15) is 24.4 Å². The molecular weight excluding hydrogens is 292 g/mol. The Morgan fingerprint density at radius 1 is 1.44 bits per heavy atom. The number of aromatic nitrogens is 3. The van der Waals surface area contributed by atoms with Gasteiger partial charge in [-0.2, -0.15) is 0 Å². The Morgan fingerprint density at radius 3 is 2.89 bits per heavy atom. The third-order valence-corrected chi connectivity index (χ3v) is 3.26. The fourth-order valence-electron chi connectivity index (χ4n) is 2.02. The zero-order valence-corrected chi connectivity index (χ0v) is 12.2. The summed E-state index contributed by atoms with van der Waals surface area (Å²) in [7, 11) is 2.02. The smallest absolute Gasteiger partial charge is 0.125 e. The molecule has 2 aromatic rings. The van der Waals surface area contributed by atoms with Crippen molar-refractivity contribution >= 4 is 15.9 Å². The maximum Gasteiger partial charge on any atom is 0.125 e. The molecule has 0 amide bonds. The van der Waals surface area contributed by atoms with Crippen LogP contribution in [0.4, 0.5) is 0 Å². The van der Waals surface area contributed by atoms with E-state index in [1.807, 2.05) is 25.6 Å². The van der Waals surface area contributed by atoms with Gasteiger partial charge in [0.05, 0.1) is 6.04 Å². The molecule has 0 aliphatic rings. The third kappa shape index (κ3) is 3.17. The normalized spacial score (nSPS) is 12.6. The van der Waals surface area contributed by atoms with Gasteiger partial charge < -0.3 is 9.88 Å². The van der Waals surface area contributed by atoms with E-state index in [1.54, 1.807) is 6.20 Å². The largest absolute Gasteiger partial charge is 0.337 e. The number of hydrogen-bond acceptors (Lipinski definition) is 3. The Bertz CT molecular complexity index is 509. The van der Waals surface area contributed by atoms with Crippen molar-refractivity contribution in [1.29, 1.82) is 0 Å². The van der Waals surface area contributed by atoms with Crippen molar-refractivity contribution < 1.29 is 0 Å². The number of likely N-dealkylation sites (N-methyl/N-ethyl adjacent to an activating group) is 1. The van der Waals surface area contributed by atoms with E-state index in [0.29, 0.717) is 0 Å². The average Bonchev–Trinajstić information content (AvgIpc) is 2.75. The van der Waals surface area contributed by atoms with E-state index in [2.05, 4.69) is 48.8 Å². The van der Waals surface area contributed by atoms with E-state index < -0.39 is 0 Å². The van der Waals surface area contributed by atoms with Gasteiger partial charge in [0.15, 0.2) is 0 Å². The first kappa shape index (κ1) is 13.2. The van der Waals surface area contributed by atoms with Gasteiger partial charge in [0, 0.05) is 36.3 Å². The van der Waals surface area contributed by atoms with Crippen LogP contribution in [0.25, 0.3) is 0 Å². The summed E-state index contributed by atoms with van der Waals surface area (Å²) < 4.78 is 3.06. The Morgan fingerprint density at radius 2 is 2.28 bits per heavy atom. The Labute approximate surface area is 116 Å². The highest BCUT2D eigenvalue weighted by molar-refractivity contribution is 9.10. The van der Waals surface area contributed by atoms with Crippen LogP contribution in [0.3, 0.4) is 0 Å². The highest BCUT2D eigenvalue weighted by atomic mass is 79.9. The lowest BCUT2D eigenvalue weighted by Gasteiger charge is -2.17. The van der Waals surface area contributed by atoms with Crippen molar-refractivity contribution in [2.75, 3.05) is 6.54 Å². The minimum Gasteiger partial charge on any atom is -0.337 e. The van der Waals surface area contributed by atoms with Gasteiger partial charge in [-0.05, 0) is 40.5 Å². The lowest BCUT2D eigenvalue weighted by atomic mass is 10.1. The van der Waals surface area contributed by atoms with Crippen LogP contribution in [0, 0.1) is 0 Å². The van der Waals surface area contributed by atoms with E-state index in [0.717, 1.165) is 23.3 Å². The predicted octanol–water partition coefficient (Wildman–Crippen LogP) is 2.47. The van der Waals surface area contributed by atoms with Crippen LogP contribution in [-0.2, 0) is 13.5 Å². The molecule has 1 unspecified atom stereocenters. The monoisotopic (exact) mass is 308 g/mol. The van der Waals surface area contributed by atoms with Gasteiger partial charge in [-0.1, -0.05) is 6.92 Å². The average molecular weight is 309 g/mol. The molecule has 1 N–H and O–H groups in total. The topological polar surface area (TPSA) is 42.7 Å². The summed E-state index contributed by atoms with van der Waals surface area (Å²) in [6, 6.07) is 2.31. The molecule has 0 aliphatic heterocycles. The molecule has 0 aromatic carbocycles. The summed E-state index contributed by atoms with van der Waals surface area (Å²) >= 11 is 3.45. The fourth-order valence-corrected chi connectivity index (χ4v) is 2.43. The summed E-state index contributed by atoms with van der Waals surface area (Å²) in [5.74, 6) is 1.05. The van der Waals surface area contributed by atoms with Gasteiger partial charge in [0.2, 0.25) is 0 Å². The number of imidazole rings is 1. The van der Waals surface area contributed by atoms with Crippen molar-refractivity contribution in [3.8, 4) is 0 Å². The van der Waals surface area contributed by atoms with Crippen LogP contribution < -0.4 is 5.32 Å². The molecule has 0 fully saturated rings. The molecule has 0 spiro atoms. The first-order valence-corrected chi connectivity index (χ1v) is 6.80. The van der Waals surface area contributed by atoms with Gasteiger partial charge in [0.25, 0.3) is 0 Å². The molecule has 4 nitrogen and oxygen atoms in total. The van der Waals surface area contributed by atoms with Crippen LogP contribution in [0.5, 0.6) is 0 Å². The van der Waals surface area contributed by atoms with Crippen molar-refractivity contribution in [2.24, 2.45) is 7.05 Å². The second kappa shape index (κ2) is 6.11. The molecule has 2 aromatic heterocycles. The van der Waals surface area contributed by atoms with Crippen molar-refractivity contribution in [2.45, 2.75) is 19.4 Å². The second-order valence-electron chi connectivity index (χ2n) is 4.22. The number of nitrogens with zero attached hydrogens (tertiary/aromatic N) is 3. The minimum atomic E-state index is 0.214. The number of pyridine rings is 1. The third-order valence-electron chi connectivity index (χ3n) is 2.82. The van der Waals surface area contributed by atoms with Gasteiger partial charge >= 0.3 is 0 Å². The first-order valence-electron chi connectivity index (χ1n) is 6.00. The zero-order valence-electron chi connectivity index (χ0n) is 10.6. The summed E-state index contributed by atoms with van der Waals surface area (Å²) in [6.07, 6.45) is 8.38. The highest BCUT2D eigenvalue weighted by Crippen LogP contribution is 2.18.